The van der Waals surface area contributed by atoms with Crippen LogP contribution in [-0.4, -0.2) is 20.9 Å². The highest BCUT2D eigenvalue weighted by Gasteiger charge is 2.22. The van der Waals surface area contributed by atoms with E-state index in [0.29, 0.717) is 12.5 Å². The Hall–Kier alpha value is -1.47. The van der Waals surface area contributed by atoms with Crippen LogP contribution in [0.25, 0.3) is 0 Å². The van der Waals surface area contributed by atoms with Crippen LogP contribution in [0.2, 0.25) is 0 Å². The summed E-state index contributed by atoms with van der Waals surface area (Å²) in [5.74, 6) is -0.868. The number of primary sulfonamides is 1. The quantitative estimate of drug-likeness (QED) is 0.865. The van der Waals surface area contributed by atoms with E-state index in [1.807, 2.05) is 0 Å². The number of benzene rings is 1. The Balaban J connectivity index is 2.21. The van der Waals surface area contributed by atoms with Crippen LogP contribution >= 0.6 is 0 Å². The standard InChI is InChI=1S/C12H15FN2O3S/c13-9-4-5-11(19(14,17)18)10(6-9)12(16)15-7-8-2-1-3-8/h4-6,8H,1-3,7H2,(H,15,16)(H2,14,17,18). The van der Waals surface area contributed by atoms with Crippen LogP contribution in [0.1, 0.15) is 29.6 Å². The van der Waals surface area contributed by atoms with Crippen LogP contribution in [0.5, 0.6) is 0 Å². The van der Waals surface area contributed by atoms with Crippen molar-refractivity contribution >= 4 is 15.9 Å². The Morgan fingerprint density at radius 3 is 2.63 bits per heavy atom. The van der Waals surface area contributed by atoms with Crippen molar-refractivity contribution in [3.8, 4) is 0 Å². The van der Waals surface area contributed by atoms with E-state index in [4.69, 9.17) is 5.14 Å². The first-order valence-corrected chi connectivity index (χ1v) is 7.53. The minimum Gasteiger partial charge on any atom is -0.352 e. The first-order chi connectivity index (χ1) is 8.88. The van der Waals surface area contributed by atoms with Crippen LogP contribution in [0.15, 0.2) is 23.1 Å². The summed E-state index contributed by atoms with van der Waals surface area (Å²) in [6.07, 6.45) is 3.24. The predicted octanol–water partition coefficient (Wildman–Crippen LogP) is 1.00. The molecule has 0 heterocycles. The minimum atomic E-state index is -4.05. The van der Waals surface area contributed by atoms with E-state index >= 15 is 0 Å². The number of sulfonamides is 1. The molecular formula is C12H15FN2O3S. The van der Waals surface area contributed by atoms with Gasteiger partial charge in [-0.15, -0.1) is 0 Å². The number of nitrogens with one attached hydrogen (secondary N) is 1. The Labute approximate surface area is 111 Å². The first kappa shape index (κ1) is 14.0. The number of halogens is 1. The van der Waals surface area contributed by atoms with E-state index < -0.39 is 21.7 Å². The summed E-state index contributed by atoms with van der Waals surface area (Å²) in [5.41, 5.74) is -0.248. The van der Waals surface area contributed by atoms with Gasteiger partial charge in [0, 0.05) is 6.54 Å². The molecule has 104 valence electrons. The maximum atomic E-state index is 13.2. The summed E-state index contributed by atoms with van der Waals surface area (Å²) in [6.45, 7) is 0.472. The fourth-order valence-electron chi connectivity index (χ4n) is 1.96. The van der Waals surface area contributed by atoms with E-state index in [2.05, 4.69) is 5.32 Å². The van der Waals surface area contributed by atoms with Gasteiger partial charge in [-0.05, 0) is 37.0 Å². The molecule has 0 atom stereocenters. The largest absolute Gasteiger partial charge is 0.352 e. The van der Waals surface area contributed by atoms with Crippen LogP contribution in [0.4, 0.5) is 4.39 Å². The molecule has 1 aromatic rings. The Kier molecular flexibility index (Phi) is 3.86. The van der Waals surface area contributed by atoms with Crippen molar-refractivity contribution < 1.29 is 17.6 Å². The second kappa shape index (κ2) is 5.26. The number of carbonyl (C=O) groups excluding carboxylic acids is 1. The zero-order valence-corrected chi connectivity index (χ0v) is 11.0. The molecule has 0 saturated heterocycles. The molecule has 2 rings (SSSR count). The second-order valence-corrected chi connectivity index (χ2v) is 6.22. The third kappa shape index (κ3) is 3.30. The molecule has 3 N–H and O–H groups in total. The van der Waals surface area contributed by atoms with Gasteiger partial charge in [0.1, 0.15) is 5.82 Å². The molecule has 0 radical (unpaired) electrons. The monoisotopic (exact) mass is 286 g/mol. The first-order valence-electron chi connectivity index (χ1n) is 5.98. The van der Waals surface area contributed by atoms with Crippen molar-refractivity contribution in [1.82, 2.24) is 5.32 Å². The van der Waals surface area contributed by atoms with Crippen molar-refractivity contribution in [3.63, 3.8) is 0 Å². The Morgan fingerprint density at radius 2 is 2.11 bits per heavy atom. The third-order valence-electron chi connectivity index (χ3n) is 3.27. The molecule has 1 aromatic carbocycles. The van der Waals surface area contributed by atoms with Crippen LogP contribution in [0, 0.1) is 11.7 Å². The number of nitrogens with two attached hydrogens (primary N) is 1. The molecule has 1 aliphatic rings. The molecule has 5 nitrogen and oxygen atoms in total. The molecule has 1 fully saturated rings. The fourth-order valence-corrected chi connectivity index (χ4v) is 2.67. The zero-order chi connectivity index (χ0) is 14.0. The number of amides is 1. The summed E-state index contributed by atoms with van der Waals surface area (Å²) in [4.78, 5) is 11.5. The lowest BCUT2D eigenvalue weighted by Crippen LogP contribution is -2.33. The molecule has 0 unspecified atom stereocenters. The van der Waals surface area contributed by atoms with Crippen molar-refractivity contribution in [3.05, 3.63) is 29.6 Å². The van der Waals surface area contributed by atoms with Gasteiger partial charge in [-0.1, -0.05) is 6.42 Å². The van der Waals surface area contributed by atoms with Gasteiger partial charge in [0.2, 0.25) is 10.0 Å². The van der Waals surface area contributed by atoms with Gasteiger partial charge >= 0.3 is 0 Å². The summed E-state index contributed by atoms with van der Waals surface area (Å²) < 4.78 is 35.9. The molecule has 1 aliphatic carbocycles. The Bertz CT molecular complexity index is 597. The number of rotatable bonds is 4. The topological polar surface area (TPSA) is 89.3 Å². The van der Waals surface area contributed by atoms with E-state index in [-0.39, 0.29) is 10.5 Å². The molecule has 1 saturated carbocycles. The number of hydrogen-bond donors (Lipinski definition) is 2. The zero-order valence-electron chi connectivity index (χ0n) is 10.2. The second-order valence-electron chi connectivity index (χ2n) is 4.69. The van der Waals surface area contributed by atoms with Gasteiger partial charge in [0.15, 0.2) is 0 Å². The average Bonchev–Trinajstić information content (AvgIpc) is 2.24. The smallest absolute Gasteiger partial charge is 0.252 e. The number of hydrogen-bond acceptors (Lipinski definition) is 3. The lowest BCUT2D eigenvalue weighted by Gasteiger charge is -2.25. The molecule has 0 aromatic heterocycles. The highest BCUT2D eigenvalue weighted by Crippen LogP contribution is 2.25. The molecule has 1 amide bonds. The van der Waals surface area contributed by atoms with Gasteiger partial charge < -0.3 is 5.32 Å². The molecule has 0 aliphatic heterocycles. The normalized spacial score (nSPS) is 15.9. The van der Waals surface area contributed by atoms with Crippen LogP contribution in [0.3, 0.4) is 0 Å². The summed E-state index contributed by atoms with van der Waals surface area (Å²) in [6, 6.07) is 2.85. The molecule has 19 heavy (non-hydrogen) atoms. The predicted molar refractivity (Wildman–Crippen MR) is 67.4 cm³/mol. The third-order valence-corrected chi connectivity index (χ3v) is 4.24. The maximum absolute atomic E-state index is 13.2. The molecule has 7 heteroatoms. The van der Waals surface area contributed by atoms with E-state index in [9.17, 15) is 17.6 Å². The van der Waals surface area contributed by atoms with E-state index in [1.165, 1.54) is 0 Å². The SMILES string of the molecule is NS(=O)(=O)c1ccc(F)cc1C(=O)NCC1CCC1. The Morgan fingerprint density at radius 1 is 1.42 bits per heavy atom. The van der Waals surface area contributed by atoms with Gasteiger partial charge in [0.25, 0.3) is 5.91 Å². The lowest BCUT2D eigenvalue weighted by atomic mass is 9.85. The molecule has 0 spiro atoms. The van der Waals surface area contributed by atoms with Crippen LogP contribution in [-0.2, 0) is 10.0 Å². The highest BCUT2D eigenvalue weighted by atomic mass is 32.2. The van der Waals surface area contributed by atoms with Crippen molar-refractivity contribution in [2.75, 3.05) is 6.54 Å². The van der Waals surface area contributed by atoms with Gasteiger partial charge in [-0.2, -0.15) is 0 Å². The maximum Gasteiger partial charge on any atom is 0.252 e. The van der Waals surface area contributed by atoms with E-state index in [1.54, 1.807) is 0 Å². The summed E-state index contributed by atoms with van der Waals surface area (Å²) >= 11 is 0. The lowest BCUT2D eigenvalue weighted by molar-refractivity contribution is 0.0935. The average molecular weight is 286 g/mol. The fraction of sp³-hybridized carbons (Fsp3) is 0.417. The summed E-state index contributed by atoms with van der Waals surface area (Å²) in [5, 5.41) is 7.62. The van der Waals surface area contributed by atoms with Crippen LogP contribution < -0.4 is 10.5 Å². The summed E-state index contributed by atoms with van der Waals surface area (Å²) in [7, 11) is -4.05. The van der Waals surface area contributed by atoms with Gasteiger partial charge in [0.05, 0.1) is 10.5 Å². The van der Waals surface area contributed by atoms with E-state index in [0.717, 1.165) is 37.5 Å². The highest BCUT2D eigenvalue weighted by molar-refractivity contribution is 7.89. The van der Waals surface area contributed by atoms with Crippen molar-refractivity contribution in [2.24, 2.45) is 11.1 Å². The van der Waals surface area contributed by atoms with Gasteiger partial charge in [-0.25, -0.2) is 17.9 Å². The molecular weight excluding hydrogens is 271 g/mol. The minimum absolute atomic E-state index is 0.248. The van der Waals surface area contributed by atoms with Crippen molar-refractivity contribution in [2.45, 2.75) is 24.2 Å². The number of carbonyl (C=O) groups is 1. The van der Waals surface area contributed by atoms with Crippen molar-refractivity contribution in [1.29, 1.82) is 0 Å². The van der Waals surface area contributed by atoms with Gasteiger partial charge in [-0.3, -0.25) is 4.79 Å². The molecule has 0 bridgehead atoms.